The molecule has 25 heavy (non-hydrogen) atoms. The molecule has 0 bridgehead atoms. The second kappa shape index (κ2) is 7.99. The third-order valence-electron chi connectivity index (χ3n) is 3.66. The first-order valence-corrected chi connectivity index (χ1v) is 9.20. The van der Waals surface area contributed by atoms with Gasteiger partial charge >= 0.3 is 0 Å². The highest BCUT2D eigenvalue weighted by atomic mass is 35.5. The predicted molar refractivity (Wildman–Crippen MR) is 102 cm³/mol. The van der Waals surface area contributed by atoms with Gasteiger partial charge in [0.15, 0.2) is 5.82 Å². The number of hydrogen-bond acceptors (Lipinski definition) is 5. The summed E-state index contributed by atoms with van der Waals surface area (Å²) in [5.41, 5.74) is 1.93. The van der Waals surface area contributed by atoms with Crippen LogP contribution >= 0.6 is 35.0 Å². The fourth-order valence-corrected chi connectivity index (χ4v) is 3.88. The number of nitrogen functional groups attached to an aromatic ring is 1. The van der Waals surface area contributed by atoms with Gasteiger partial charge in [0.2, 0.25) is 5.16 Å². The molecule has 3 rings (SSSR count). The van der Waals surface area contributed by atoms with Crippen molar-refractivity contribution in [2.24, 2.45) is 0 Å². The molecule has 0 spiro atoms. The second-order valence-corrected chi connectivity index (χ2v) is 7.04. The molecule has 0 aliphatic rings. The Balaban J connectivity index is 1.70. The van der Waals surface area contributed by atoms with Gasteiger partial charge in [0.25, 0.3) is 0 Å². The van der Waals surface area contributed by atoms with Gasteiger partial charge in [0.05, 0.1) is 7.11 Å². The number of nitrogens with two attached hydrogens (primary N) is 1. The summed E-state index contributed by atoms with van der Waals surface area (Å²) in [6.45, 7) is 0. The molecular weight excluding hydrogens is 379 g/mol. The van der Waals surface area contributed by atoms with Crippen LogP contribution in [0.4, 0.5) is 0 Å². The maximum atomic E-state index is 6.19. The minimum atomic E-state index is 0.566. The average Bonchev–Trinajstić information content (AvgIpc) is 2.95. The first kappa shape index (κ1) is 17.9. The van der Waals surface area contributed by atoms with Crippen molar-refractivity contribution >= 4 is 35.0 Å². The van der Waals surface area contributed by atoms with E-state index in [0.717, 1.165) is 16.9 Å². The summed E-state index contributed by atoms with van der Waals surface area (Å²) in [4.78, 5) is 0. The van der Waals surface area contributed by atoms with Crippen molar-refractivity contribution in [1.82, 2.24) is 14.9 Å². The molecule has 2 N–H and O–H groups in total. The third kappa shape index (κ3) is 4.21. The topological polar surface area (TPSA) is 66.0 Å². The van der Waals surface area contributed by atoms with Crippen LogP contribution in [0.3, 0.4) is 0 Å². The Morgan fingerprint density at radius 1 is 1.08 bits per heavy atom. The minimum absolute atomic E-state index is 0.566. The molecule has 5 nitrogen and oxygen atoms in total. The van der Waals surface area contributed by atoms with Gasteiger partial charge in [0.1, 0.15) is 5.75 Å². The largest absolute Gasteiger partial charge is 0.497 e. The van der Waals surface area contributed by atoms with E-state index in [1.165, 1.54) is 16.4 Å². The summed E-state index contributed by atoms with van der Waals surface area (Å²) >= 11 is 13.8. The zero-order valence-corrected chi connectivity index (χ0v) is 15.8. The van der Waals surface area contributed by atoms with Crippen molar-refractivity contribution in [3.63, 3.8) is 0 Å². The summed E-state index contributed by atoms with van der Waals surface area (Å²) in [5.74, 6) is 8.18. The molecule has 2 aromatic carbocycles. The fourth-order valence-electron chi connectivity index (χ4n) is 2.26. The maximum Gasteiger partial charge on any atom is 0.210 e. The van der Waals surface area contributed by atoms with E-state index in [0.29, 0.717) is 33.2 Å². The number of halogens is 2. The molecule has 0 saturated carbocycles. The van der Waals surface area contributed by atoms with E-state index < -0.39 is 0 Å². The van der Waals surface area contributed by atoms with Crippen molar-refractivity contribution in [3.05, 3.63) is 69.5 Å². The zero-order chi connectivity index (χ0) is 17.8. The summed E-state index contributed by atoms with van der Waals surface area (Å²) < 4.78 is 6.66. The van der Waals surface area contributed by atoms with Gasteiger partial charge in [-0.3, -0.25) is 0 Å². The lowest BCUT2D eigenvalue weighted by molar-refractivity contribution is 0.414. The number of aromatic nitrogens is 3. The molecule has 1 heterocycles. The quantitative estimate of drug-likeness (QED) is 0.501. The Morgan fingerprint density at radius 2 is 1.76 bits per heavy atom. The SMILES string of the molecule is COc1ccc(Cc2nnc(SCc3c(Cl)cccc3Cl)n2N)cc1. The number of ether oxygens (including phenoxy) is 1. The van der Waals surface area contributed by atoms with Crippen molar-refractivity contribution in [2.75, 3.05) is 13.0 Å². The second-order valence-electron chi connectivity index (χ2n) is 5.28. The van der Waals surface area contributed by atoms with Crippen molar-refractivity contribution in [2.45, 2.75) is 17.3 Å². The average molecular weight is 395 g/mol. The lowest BCUT2D eigenvalue weighted by Gasteiger charge is -2.07. The lowest BCUT2D eigenvalue weighted by Crippen LogP contribution is -2.14. The monoisotopic (exact) mass is 394 g/mol. The van der Waals surface area contributed by atoms with Crippen molar-refractivity contribution in [1.29, 1.82) is 0 Å². The van der Waals surface area contributed by atoms with Gasteiger partial charge in [0, 0.05) is 22.2 Å². The van der Waals surface area contributed by atoms with Crippen LogP contribution in [-0.4, -0.2) is 22.0 Å². The first-order valence-electron chi connectivity index (χ1n) is 7.46. The van der Waals surface area contributed by atoms with Crippen molar-refractivity contribution in [3.8, 4) is 5.75 Å². The van der Waals surface area contributed by atoms with Crippen LogP contribution in [0.2, 0.25) is 10.0 Å². The molecule has 0 saturated heterocycles. The molecule has 3 aromatic rings. The van der Waals surface area contributed by atoms with Crippen LogP contribution < -0.4 is 10.6 Å². The Hall–Kier alpha value is -1.89. The van der Waals surface area contributed by atoms with E-state index in [-0.39, 0.29) is 0 Å². The van der Waals surface area contributed by atoms with Crippen molar-refractivity contribution < 1.29 is 4.74 Å². The van der Waals surface area contributed by atoms with E-state index in [1.54, 1.807) is 7.11 Å². The minimum Gasteiger partial charge on any atom is -0.497 e. The highest BCUT2D eigenvalue weighted by Gasteiger charge is 2.13. The van der Waals surface area contributed by atoms with Gasteiger partial charge in [-0.2, -0.15) is 0 Å². The maximum absolute atomic E-state index is 6.19. The number of benzene rings is 2. The number of hydrogen-bond donors (Lipinski definition) is 1. The van der Waals surface area contributed by atoms with Gasteiger partial charge < -0.3 is 10.6 Å². The van der Waals surface area contributed by atoms with Crippen LogP contribution in [0, 0.1) is 0 Å². The lowest BCUT2D eigenvalue weighted by atomic mass is 10.1. The molecule has 0 aliphatic heterocycles. The normalized spacial score (nSPS) is 10.8. The molecule has 8 heteroatoms. The van der Waals surface area contributed by atoms with Crippen LogP contribution in [0.25, 0.3) is 0 Å². The third-order valence-corrected chi connectivity index (χ3v) is 5.34. The molecular formula is C17H16Cl2N4OS. The number of methoxy groups -OCH3 is 1. The molecule has 1 aromatic heterocycles. The first-order chi connectivity index (χ1) is 12.1. The number of nitrogens with zero attached hydrogens (tertiary/aromatic N) is 3. The molecule has 0 amide bonds. The Morgan fingerprint density at radius 3 is 2.40 bits per heavy atom. The highest BCUT2D eigenvalue weighted by molar-refractivity contribution is 7.98. The summed E-state index contributed by atoms with van der Waals surface area (Å²) in [6, 6.07) is 13.2. The number of rotatable bonds is 6. The molecule has 0 unspecified atom stereocenters. The Labute approximate surface area is 160 Å². The summed E-state index contributed by atoms with van der Waals surface area (Å²) in [5, 5.41) is 10.2. The van der Waals surface area contributed by atoms with E-state index in [4.69, 9.17) is 33.8 Å². The standard InChI is InChI=1S/C17H16Cl2N4OS/c1-24-12-7-5-11(6-8-12)9-16-21-22-17(23(16)20)25-10-13-14(18)3-2-4-15(13)19/h2-8H,9-10,20H2,1H3. The van der Waals surface area contributed by atoms with E-state index in [1.807, 2.05) is 42.5 Å². The summed E-state index contributed by atoms with van der Waals surface area (Å²) in [7, 11) is 1.64. The number of thioether (sulfide) groups is 1. The van der Waals surface area contributed by atoms with E-state index in [2.05, 4.69) is 10.2 Å². The molecule has 130 valence electrons. The van der Waals surface area contributed by atoms with Gasteiger partial charge in [-0.05, 0) is 35.4 Å². The van der Waals surface area contributed by atoms with E-state index >= 15 is 0 Å². The van der Waals surface area contributed by atoms with Crippen LogP contribution in [0.15, 0.2) is 47.6 Å². The van der Waals surface area contributed by atoms with Crippen LogP contribution in [-0.2, 0) is 12.2 Å². The van der Waals surface area contributed by atoms with Crippen LogP contribution in [0.5, 0.6) is 5.75 Å². The smallest absolute Gasteiger partial charge is 0.210 e. The Bertz CT molecular complexity index is 847. The van der Waals surface area contributed by atoms with E-state index in [9.17, 15) is 0 Å². The molecule has 0 radical (unpaired) electrons. The fraction of sp³-hybridized carbons (Fsp3) is 0.176. The molecule has 0 fully saturated rings. The Kier molecular flexibility index (Phi) is 5.73. The predicted octanol–water partition coefficient (Wildman–Crippen LogP) is 4.19. The molecule has 0 atom stereocenters. The summed E-state index contributed by atoms with van der Waals surface area (Å²) in [6.07, 6.45) is 0.584. The van der Waals surface area contributed by atoms with Crippen LogP contribution in [0.1, 0.15) is 17.0 Å². The van der Waals surface area contributed by atoms with Gasteiger partial charge in [-0.15, -0.1) is 10.2 Å². The highest BCUT2D eigenvalue weighted by Crippen LogP contribution is 2.30. The van der Waals surface area contributed by atoms with Gasteiger partial charge in [-0.1, -0.05) is 53.2 Å². The zero-order valence-electron chi connectivity index (χ0n) is 13.4. The molecule has 0 aliphatic carbocycles. The van der Waals surface area contributed by atoms with Gasteiger partial charge in [-0.25, -0.2) is 4.68 Å².